The molecule has 1 aromatic heterocycles. The number of nitrogens with zero attached hydrogens (tertiary/aromatic N) is 4. The zero-order valence-electron chi connectivity index (χ0n) is 21.8. The molecule has 1 aliphatic rings. The van der Waals surface area contributed by atoms with Crippen molar-refractivity contribution in [2.24, 2.45) is 0 Å². The highest BCUT2D eigenvalue weighted by molar-refractivity contribution is 6.05. The molecule has 2 heterocycles. The van der Waals surface area contributed by atoms with Gasteiger partial charge in [0.2, 0.25) is 0 Å². The quantitative estimate of drug-likeness (QED) is 0.431. The van der Waals surface area contributed by atoms with E-state index in [0.29, 0.717) is 24.4 Å². The number of piperazine rings is 1. The van der Waals surface area contributed by atoms with Crippen molar-refractivity contribution in [3.8, 4) is 11.4 Å². The maximum atomic E-state index is 13.9. The summed E-state index contributed by atoms with van der Waals surface area (Å²) in [5.41, 5.74) is 1.54. The van der Waals surface area contributed by atoms with E-state index in [9.17, 15) is 18.8 Å². The van der Waals surface area contributed by atoms with Gasteiger partial charge >= 0.3 is 5.97 Å². The average Bonchev–Trinajstić information content (AvgIpc) is 2.92. The molecule has 1 unspecified atom stereocenters. The third kappa shape index (κ3) is 5.72. The minimum absolute atomic E-state index is 0.00198. The van der Waals surface area contributed by atoms with E-state index in [2.05, 4.69) is 9.97 Å². The van der Waals surface area contributed by atoms with Crippen LogP contribution in [-0.4, -0.2) is 69.8 Å². The number of aromatic nitrogens is 2. The summed E-state index contributed by atoms with van der Waals surface area (Å²) in [6, 6.07) is 14.5. The number of aryl methyl sites for hydroxylation is 1. The van der Waals surface area contributed by atoms with Crippen LogP contribution in [0.15, 0.2) is 54.6 Å². The average molecular weight is 519 g/mol. The summed E-state index contributed by atoms with van der Waals surface area (Å²) < 4.78 is 19.0. The van der Waals surface area contributed by atoms with Gasteiger partial charge in [-0.2, -0.15) is 0 Å². The minimum atomic E-state index is -0.633. The predicted octanol–water partition coefficient (Wildman–Crippen LogP) is 4.40. The van der Waals surface area contributed by atoms with Gasteiger partial charge in [-0.15, -0.1) is 0 Å². The number of carbonyl (C=O) groups is 3. The number of ether oxygens (including phenoxy) is 1. The molecular weight excluding hydrogens is 487 g/mol. The van der Waals surface area contributed by atoms with Crippen LogP contribution in [-0.2, 0) is 11.2 Å². The number of esters is 1. The summed E-state index contributed by atoms with van der Waals surface area (Å²) in [7, 11) is 0. The number of rotatable bonds is 7. The molecule has 2 aromatic carbocycles. The highest BCUT2D eigenvalue weighted by atomic mass is 19.1. The first-order valence-corrected chi connectivity index (χ1v) is 12.8. The number of halogens is 1. The van der Waals surface area contributed by atoms with Crippen LogP contribution in [0.5, 0.6) is 0 Å². The first kappa shape index (κ1) is 26.9. The van der Waals surface area contributed by atoms with Gasteiger partial charge in [-0.3, -0.25) is 9.59 Å². The van der Waals surface area contributed by atoms with Crippen LogP contribution in [0.25, 0.3) is 11.4 Å². The molecule has 38 heavy (non-hydrogen) atoms. The van der Waals surface area contributed by atoms with E-state index in [0.717, 1.165) is 5.56 Å². The molecule has 4 rings (SSSR count). The van der Waals surface area contributed by atoms with Crippen LogP contribution >= 0.6 is 0 Å². The third-order valence-electron chi connectivity index (χ3n) is 6.43. The lowest BCUT2D eigenvalue weighted by atomic mass is 10.0. The van der Waals surface area contributed by atoms with Crippen LogP contribution < -0.4 is 0 Å². The smallest absolute Gasteiger partial charge is 0.342 e. The van der Waals surface area contributed by atoms with Crippen molar-refractivity contribution in [3.63, 3.8) is 0 Å². The number of benzene rings is 2. The fourth-order valence-electron chi connectivity index (χ4n) is 4.59. The Kier molecular flexibility index (Phi) is 8.45. The third-order valence-corrected chi connectivity index (χ3v) is 6.43. The van der Waals surface area contributed by atoms with Crippen LogP contribution in [0.1, 0.15) is 64.1 Å². The second kappa shape index (κ2) is 11.9. The van der Waals surface area contributed by atoms with E-state index in [1.165, 1.54) is 18.2 Å². The van der Waals surface area contributed by atoms with Gasteiger partial charge < -0.3 is 14.5 Å². The van der Waals surface area contributed by atoms with Gasteiger partial charge in [0, 0.05) is 36.8 Å². The molecular formula is C29H31FN4O4. The Labute approximate surface area is 221 Å². The molecule has 1 fully saturated rings. The molecule has 0 bridgehead atoms. The van der Waals surface area contributed by atoms with Crippen LogP contribution in [0.2, 0.25) is 0 Å². The van der Waals surface area contributed by atoms with Crippen molar-refractivity contribution in [1.29, 1.82) is 0 Å². The highest BCUT2D eigenvalue weighted by Crippen LogP contribution is 2.24. The zero-order valence-corrected chi connectivity index (χ0v) is 21.8. The Bertz CT molecular complexity index is 1330. The fourth-order valence-corrected chi connectivity index (χ4v) is 4.59. The molecule has 8 nitrogen and oxygen atoms in total. The summed E-state index contributed by atoms with van der Waals surface area (Å²) in [5, 5.41) is 0. The topological polar surface area (TPSA) is 92.7 Å². The van der Waals surface area contributed by atoms with Crippen LogP contribution in [0.3, 0.4) is 0 Å². The Morgan fingerprint density at radius 2 is 1.76 bits per heavy atom. The maximum absolute atomic E-state index is 13.9. The SMILES string of the molecule is CCCc1nc(-c2ccccc2)nc(C(=O)N2CCN(C(=O)c3cccc(F)c3)C(C)C2)c1C(=O)OCC. The van der Waals surface area contributed by atoms with Crippen LogP contribution in [0.4, 0.5) is 4.39 Å². The van der Waals surface area contributed by atoms with Crippen molar-refractivity contribution in [2.45, 2.75) is 39.7 Å². The van der Waals surface area contributed by atoms with Gasteiger partial charge in [-0.1, -0.05) is 49.7 Å². The second-order valence-electron chi connectivity index (χ2n) is 9.16. The molecule has 0 radical (unpaired) electrons. The Hall–Kier alpha value is -4.14. The van der Waals surface area contributed by atoms with Crippen molar-refractivity contribution in [1.82, 2.24) is 19.8 Å². The van der Waals surface area contributed by atoms with E-state index in [-0.39, 0.29) is 55.0 Å². The lowest BCUT2D eigenvalue weighted by molar-refractivity contribution is 0.0405. The molecule has 198 valence electrons. The van der Waals surface area contributed by atoms with Gasteiger partial charge in [0.05, 0.1) is 12.3 Å². The highest BCUT2D eigenvalue weighted by Gasteiger charge is 2.34. The first-order valence-electron chi connectivity index (χ1n) is 12.8. The lowest BCUT2D eigenvalue weighted by Crippen LogP contribution is -2.55. The maximum Gasteiger partial charge on any atom is 0.342 e. The van der Waals surface area contributed by atoms with E-state index < -0.39 is 17.7 Å². The Morgan fingerprint density at radius 3 is 2.42 bits per heavy atom. The zero-order chi connectivity index (χ0) is 27.2. The molecule has 2 amide bonds. The predicted molar refractivity (Wildman–Crippen MR) is 140 cm³/mol. The summed E-state index contributed by atoms with van der Waals surface area (Å²) in [4.78, 5) is 52.4. The molecule has 0 N–H and O–H groups in total. The van der Waals surface area contributed by atoms with Crippen molar-refractivity contribution < 1.29 is 23.5 Å². The van der Waals surface area contributed by atoms with E-state index in [1.54, 1.807) is 22.8 Å². The summed E-state index contributed by atoms with van der Waals surface area (Å²) in [6.45, 7) is 6.38. The van der Waals surface area contributed by atoms with Crippen molar-refractivity contribution >= 4 is 17.8 Å². The molecule has 0 saturated carbocycles. The number of hydrogen-bond donors (Lipinski definition) is 0. The number of hydrogen-bond acceptors (Lipinski definition) is 6. The van der Waals surface area contributed by atoms with E-state index >= 15 is 0 Å². The van der Waals surface area contributed by atoms with Gasteiger partial charge in [-0.05, 0) is 38.5 Å². The summed E-state index contributed by atoms with van der Waals surface area (Å²) in [5.74, 6) is -1.47. The van der Waals surface area contributed by atoms with Gasteiger partial charge in [0.1, 0.15) is 17.1 Å². The normalized spacial score (nSPS) is 15.3. The largest absolute Gasteiger partial charge is 0.462 e. The minimum Gasteiger partial charge on any atom is -0.462 e. The molecule has 1 atom stereocenters. The Morgan fingerprint density at radius 1 is 1.00 bits per heavy atom. The van der Waals surface area contributed by atoms with Crippen molar-refractivity contribution in [2.75, 3.05) is 26.2 Å². The van der Waals surface area contributed by atoms with E-state index in [1.807, 2.05) is 44.2 Å². The second-order valence-corrected chi connectivity index (χ2v) is 9.16. The summed E-state index contributed by atoms with van der Waals surface area (Å²) >= 11 is 0. The number of amides is 2. The molecule has 1 aliphatic heterocycles. The van der Waals surface area contributed by atoms with E-state index in [4.69, 9.17) is 4.74 Å². The van der Waals surface area contributed by atoms with Crippen molar-refractivity contribution in [3.05, 3.63) is 82.9 Å². The fraction of sp³-hybridized carbons (Fsp3) is 0.345. The van der Waals surface area contributed by atoms with Gasteiger partial charge in [-0.25, -0.2) is 19.2 Å². The summed E-state index contributed by atoms with van der Waals surface area (Å²) in [6.07, 6.45) is 1.19. The van der Waals surface area contributed by atoms with Gasteiger partial charge in [0.15, 0.2) is 5.82 Å². The van der Waals surface area contributed by atoms with Gasteiger partial charge in [0.25, 0.3) is 11.8 Å². The van der Waals surface area contributed by atoms with Crippen LogP contribution in [0, 0.1) is 5.82 Å². The lowest BCUT2D eigenvalue weighted by Gasteiger charge is -2.40. The molecule has 0 aliphatic carbocycles. The number of carbonyl (C=O) groups excluding carboxylic acids is 3. The molecule has 9 heteroatoms. The molecule has 0 spiro atoms. The standard InChI is InChI=1S/C29H31FN4O4/c1-4-10-23-24(29(37)38-5-2)25(32-26(31-23)20-11-7-6-8-12-20)28(36)33-15-16-34(19(3)18-33)27(35)21-13-9-14-22(30)17-21/h6-9,11-14,17,19H,4-5,10,15-16,18H2,1-3H3. The monoisotopic (exact) mass is 518 g/mol. The Balaban J connectivity index is 1.67. The molecule has 3 aromatic rings. The molecule has 1 saturated heterocycles. The first-order chi connectivity index (χ1) is 18.3.